The van der Waals surface area contributed by atoms with Crippen LogP contribution in [0.25, 0.3) is 0 Å². The maximum atomic E-state index is 13.9. The summed E-state index contributed by atoms with van der Waals surface area (Å²) in [4.78, 5) is 4.86. The molecular formula is C16H26FN3. The van der Waals surface area contributed by atoms with Gasteiger partial charge in [-0.05, 0) is 31.5 Å². The lowest BCUT2D eigenvalue weighted by Crippen LogP contribution is -2.59. The molecule has 0 aliphatic carbocycles. The number of hydrogen-bond donors (Lipinski definition) is 1. The first-order valence-electron chi connectivity index (χ1n) is 7.50. The predicted octanol–water partition coefficient (Wildman–Crippen LogP) is 1.72. The van der Waals surface area contributed by atoms with Gasteiger partial charge in [-0.1, -0.05) is 25.1 Å². The lowest BCUT2D eigenvalue weighted by molar-refractivity contribution is 0.0481. The van der Waals surface area contributed by atoms with Gasteiger partial charge in [0.2, 0.25) is 0 Å². The zero-order valence-corrected chi connectivity index (χ0v) is 12.6. The number of likely N-dealkylation sites (N-methyl/N-ethyl adjacent to an activating group) is 1. The molecule has 2 N–H and O–H groups in total. The van der Waals surface area contributed by atoms with Crippen LogP contribution in [0.15, 0.2) is 24.3 Å². The molecule has 1 atom stereocenters. The molecular weight excluding hydrogens is 253 g/mol. The Kier molecular flexibility index (Phi) is 5.13. The summed E-state index contributed by atoms with van der Waals surface area (Å²) in [6.45, 7) is 10.2. The van der Waals surface area contributed by atoms with E-state index in [1.54, 1.807) is 6.07 Å². The average Bonchev–Trinajstić information content (AvgIpc) is 2.49. The van der Waals surface area contributed by atoms with Gasteiger partial charge in [0.15, 0.2) is 0 Å². The lowest BCUT2D eigenvalue weighted by atomic mass is 9.90. The van der Waals surface area contributed by atoms with Crippen LogP contribution in [0.3, 0.4) is 0 Å². The van der Waals surface area contributed by atoms with Crippen molar-refractivity contribution < 1.29 is 4.39 Å². The van der Waals surface area contributed by atoms with Gasteiger partial charge < -0.3 is 10.6 Å². The maximum absolute atomic E-state index is 13.9. The highest BCUT2D eigenvalue weighted by atomic mass is 19.1. The Bertz CT molecular complexity index is 429. The molecule has 20 heavy (non-hydrogen) atoms. The summed E-state index contributed by atoms with van der Waals surface area (Å²) < 4.78 is 13.9. The van der Waals surface area contributed by atoms with E-state index in [9.17, 15) is 4.39 Å². The van der Waals surface area contributed by atoms with E-state index >= 15 is 0 Å². The minimum absolute atomic E-state index is 0.126. The van der Waals surface area contributed by atoms with Crippen molar-refractivity contribution in [2.24, 2.45) is 5.73 Å². The van der Waals surface area contributed by atoms with E-state index in [1.807, 2.05) is 12.1 Å². The topological polar surface area (TPSA) is 32.5 Å². The van der Waals surface area contributed by atoms with Gasteiger partial charge >= 0.3 is 0 Å². The highest BCUT2D eigenvalue weighted by molar-refractivity contribution is 5.20. The molecule has 1 unspecified atom stereocenters. The fourth-order valence-corrected chi connectivity index (χ4v) is 2.97. The Morgan fingerprint density at radius 2 is 1.85 bits per heavy atom. The zero-order chi connectivity index (χ0) is 14.6. The minimum atomic E-state index is -0.165. The summed E-state index contributed by atoms with van der Waals surface area (Å²) in [6.07, 6.45) is 0.669. The third-order valence-electron chi connectivity index (χ3n) is 4.55. The highest BCUT2D eigenvalue weighted by Gasteiger charge is 2.33. The van der Waals surface area contributed by atoms with Crippen molar-refractivity contribution in [1.29, 1.82) is 0 Å². The second-order valence-electron chi connectivity index (χ2n) is 5.89. The first-order valence-corrected chi connectivity index (χ1v) is 7.50. The third-order valence-corrected chi connectivity index (χ3v) is 4.55. The normalized spacial score (nSPS) is 20.8. The molecule has 1 heterocycles. The number of halogens is 1. The molecule has 1 aromatic rings. The largest absolute Gasteiger partial charge is 0.329 e. The van der Waals surface area contributed by atoms with Crippen LogP contribution in [0, 0.1) is 5.82 Å². The van der Waals surface area contributed by atoms with Crippen molar-refractivity contribution in [2.45, 2.75) is 25.8 Å². The number of rotatable bonds is 5. The molecule has 1 aliphatic heterocycles. The molecule has 4 heteroatoms. The van der Waals surface area contributed by atoms with Gasteiger partial charge in [0.05, 0.1) is 0 Å². The van der Waals surface area contributed by atoms with Crippen LogP contribution in [0.5, 0.6) is 0 Å². The molecule has 0 aromatic heterocycles. The smallest absolute Gasteiger partial charge is 0.126 e. The van der Waals surface area contributed by atoms with Gasteiger partial charge in [-0.2, -0.15) is 0 Å². The molecule has 3 nitrogen and oxygen atoms in total. The molecule has 1 aromatic carbocycles. The SMILES string of the molecule is CCN1CCN(C(C)(CN)Cc2ccccc2F)CC1. The molecule has 0 saturated carbocycles. The van der Waals surface area contributed by atoms with Gasteiger partial charge in [0, 0.05) is 38.3 Å². The van der Waals surface area contributed by atoms with E-state index in [4.69, 9.17) is 5.73 Å². The summed E-state index contributed by atoms with van der Waals surface area (Å²) in [5.74, 6) is -0.126. The summed E-state index contributed by atoms with van der Waals surface area (Å²) in [7, 11) is 0. The van der Waals surface area contributed by atoms with Crippen molar-refractivity contribution in [1.82, 2.24) is 9.80 Å². The second-order valence-corrected chi connectivity index (χ2v) is 5.89. The van der Waals surface area contributed by atoms with Crippen molar-refractivity contribution >= 4 is 0 Å². The molecule has 1 fully saturated rings. The van der Waals surface area contributed by atoms with Crippen LogP contribution in [-0.2, 0) is 6.42 Å². The zero-order valence-electron chi connectivity index (χ0n) is 12.6. The van der Waals surface area contributed by atoms with E-state index in [1.165, 1.54) is 6.07 Å². The van der Waals surface area contributed by atoms with Crippen LogP contribution >= 0.6 is 0 Å². The minimum Gasteiger partial charge on any atom is -0.329 e. The first-order chi connectivity index (χ1) is 9.59. The lowest BCUT2D eigenvalue weighted by Gasteiger charge is -2.45. The maximum Gasteiger partial charge on any atom is 0.126 e. The van der Waals surface area contributed by atoms with Gasteiger partial charge in [-0.15, -0.1) is 0 Å². The highest BCUT2D eigenvalue weighted by Crippen LogP contribution is 2.23. The van der Waals surface area contributed by atoms with E-state index in [0.717, 1.165) is 38.3 Å². The monoisotopic (exact) mass is 279 g/mol. The van der Waals surface area contributed by atoms with Crippen LogP contribution in [0.1, 0.15) is 19.4 Å². The number of nitrogens with zero attached hydrogens (tertiary/aromatic N) is 2. The number of hydrogen-bond acceptors (Lipinski definition) is 3. The van der Waals surface area contributed by atoms with E-state index in [2.05, 4.69) is 23.6 Å². The van der Waals surface area contributed by atoms with Crippen LogP contribution in [0.4, 0.5) is 4.39 Å². The fraction of sp³-hybridized carbons (Fsp3) is 0.625. The van der Waals surface area contributed by atoms with Crippen molar-refractivity contribution in [2.75, 3.05) is 39.3 Å². The van der Waals surface area contributed by atoms with E-state index in [0.29, 0.717) is 13.0 Å². The Morgan fingerprint density at radius 1 is 1.20 bits per heavy atom. The number of nitrogens with two attached hydrogens (primary N) is 1. The molecule has 1 aliphatic rings. The third kappa shape index (κ3) is 3.37. The summed E-state index contributed by atoms with van der Waals surface area (Å²) in [5.41, 5.74) is 6.62. The predicted molar refractivity (Wildman–Crippen MR) is 81.3 cm³/mol. The van der Waals surface area contributed by atoms with E-state index < -0.39 is 0 Å². The summed E-state index contributed by atoms with van der Waals surface area (Å²) in [6, 6.07) is 7.02. The molecule has 0 spiro atoms. The molecule has 0 amide bonds. The van der Waals surface area contributed by atoms with Gasteiger partial charge in [-0.25, -0.2) is 4.39 Å². The Hall–Kier alpha value is -0.970. The summed E-state index contributed by atoms with van der Waals surface area (Å²) in [5, 5.41) is 0. The first kappa shape index (κ1) is 15.4. The van der Waals surface area contributed by atoms with Crippen LogP contribution in [0.2, 0.25) is 0 Å². The number of benzene rings is 1. The molecule has 1 saturated heterocycles. The van der Waals surface area contributed by atoms with Crippen molar-refractivity contribution in [3.8, 4) is 0 Å². The Labute approximate surface area is 121 Å². The van der Waals surface area contributed by atoms with Gasteiger partial charge in [-0.3, -0.25) is 4.90 Å². The molecule has 2 rings (SSSR count). The van der Waals surface area contributed by atoms with Crippen LogP contribution < -0.4 is 5.73 Å². The fourth-order valence-electron chi connectivity index (χ4n) is 2.97. The van der Waals surface area contributed by atoms with Crippen molar-refractivity contribution in [3.63, 3.8) is 0 Å². The molecule has 0 radical (unpaired) electrons. The second kappa shape index (κ2) is 6.66. The van der Waals surface area contributed by atoms with Gasteiger partial charge in [0.25, 0.3) is 0 Å². The quantitative estimate of drug-likeness (QED) is 0.891. The number of piperazine rings is 1. The Morgan fingerprint density at radius 3 is 2.40 bits per heavy atom. The molecule has 0 bridgehead atoms. The standard InChI is InChI=1S/C16H26FN3/c1-3-19-8-10-20(11-9-19)16(2,13-18)12-14-6-4-5-7-15(14)17/h4-7H,3,8-13,18H2,1-2H3. The Balaban J connectivity index is 2.08. The summed E-state index contributed by atoms with van der Waals surface area (Å²) >= 11 is 0. The molecule has 112 valence electrons. The van der Waals surface area contributed by atoms with Crippen molar-refractivity contribution in [3.05, 3.63) is 35.6 Å². The van der Waals surface area contributed by atoms with Gasteiger partial charge in [0.1, 0.15) is 5.82 Å². The van der Waals surface area contributed by atoms with Crippen LogP contribution in [-0.4, -0.2) is 54.6 Å². The van der Waals surface area contributed by atoms with E-state index in [-0.39, 0.29) is 11.4 Å². The average molecular weight is 279 g/mol.